The Balaban J connectivity index is 1.51. The molecule has 1 N–H and O–H groups in total. The van der Waals surface area contributed by atoms with Gasteiger partial charge >= 0.3 is 0 Å². The van der Waals surface area contributed by atoms with Crippen LogP contribution in [0.2, 0.25) is 0 Å². The van der Waals surface area contributed by atoms with Crippen molar-refractivity contribution < 1.29 is 0 Å². The molecule has 4 aromatic rings. The molecular weight excluding hydrogens is 380 g/mol. The number of H-pyrrole nitrogens is 1. The summed E-state index contributed by atoms with van der Waals surface area (Å²) in [4.78, 5) is 14.1. The van der Waals surface area contributed by atoms with Crippen molar-refractivity contribution in [3.05, 3.63) is 54.1 Å². The summed E-state index contributed by atoms with van der Waals surface area (Å²) in [5, 5.41) is 0. The smallest absolute Gasteiger partial charge is 0.117 e. The Morgan fingerprint density at radius 2 is 1.42 bits per heavy atom. The molecule has 0 aliphatic heterocycles. The topological polar surface area (TPSA) is 46.5 Å². The quantitative estimate of drug-likeness (QED) is 0.357. The number of nitrogens with one attached hydrogen (secondary N) is 1. The lowest BCUT2D eigenvalue weighted by molar-refractivity contribution is 0.426. The normalized spacial score (nSPS) is 19.2. The second kappa shape index (κ2) is 8.14. The van der Waals surface area contributed by atoms with Crippen LogP contribution in [0.5, 0.6) is 0 Å². The number of nitrogens with zero attached hydrogens (tertiary/aromatic N) is 3. The molecule has 2 aromatic carbocycles. The highest BCUT2D eigenvalue weighted by Crippen LogP contribution is 2.37. The van der Waals surface area contributed by atoms with Crippen molar-refractivity contribution in [3.63, 3.8) is 0 Å². The van der Waals surface area contributed by atoms with E-state index in [1.165, 1.54) is 93.5 Å². The van der Waals surface area contributed by atoms with Crippen LogP contribution >= 0.6 is 0 Å². The number of aromatic amines is 1. The molecule has 4 nitrogen and oxygen atoms in total. The zero-order valence-electron chi connectivity index (χ0n) is 18.3. The number of rotatable bonds is 3. The summed E-state index contributed by atoms with van der Waals surface area (Å²) in [6, 6.07) is 15.2. The fraction of sp³-hybridized carbons (Fsp3) is 0.481. The first kappa shape index (κ1) is 19.1. The molecule has 2 aromatic heterocycles. The minimum atomic E-state index is 0.539. The molecule has 0 radical (unpaired) electrons. The maximum Gasteiger partial charge on any atom is 0.117 e. The largest absolute Gasteiger partial charge is 0.342 e. The number of fused-ring (bicyclic) bond motifs is 2. The van der Waals surface area contributed by atoms with E-state index in [1.807, 2.05) is 0 Å². The lowest BCUT2D eigenvalue weighted by atomic mass is 9.88. The maximum absolute atomic E-state index is 5.22. The summed E-state index contributed by atoms with van der Waals surface area (Å²) in [5.41, 5.74) is 5.74. The summed E-state index contributed by atoms with van der Waals surface area (Å²) >= 11 is 0. The standard InChI is InChI=1S/C27H32N4/c1-2-5-12-19(11-4-1)26-28-22-16-10-18-24(25(22)30-26)31-23-17-9-8-15-21(23)29-27(31)20-13-6-3-7-14-20/h8-10,15-20H,1-7,11-14H2,(H,28,30). The number of aromatic nitrogens is 4. The average Bonchev–Trinajstić information content (AvgIpc) is 3.32. The molecule has 2 aliphatic carbocycles. The van der Waals surface area contributed by atoms with Crippen molar-refractivity contribution >= 4 is 22.1 Å². The third kappa shape index (κ3) is 3.46. The van der Waals surface area contributed by atoms with Crippen molar-refractivity contribution in [2.45, 2.75) is 82.5 Å². The first-order valence-electron chi connectivity index (χ1n) is 12.3. The van der Waals surface area contributed by atoms with Gasteiger partial charge in [-0.15, -0.1) is 0 Å². The van der Waals surface area contributed by atoms with E-state index in [0.29, 0.717) is 11.8 Å². The van der Waals surface area contributed by atoms with Crippen LogP contribution < -0.4 is 0 Å². The second-order valence-corrected chi connectivity index (χ2v) is 9.61. The first-order chi connectivity index (χ1) is 15.4. The van der Waals surface area contributed by atoms with Crippen LogP contribution in [0.4, 0.5) is 0 Å². The molecule has 0 bridgehead atoms. The SMILES string of the molecule is c1ccc2c(c1)nc(C1CCCCC1)n2-c1cccc2[nH]c(C3CCCCCC3)nc12. The van der Waals surface area contributed by atoms with Crippen LogP contribution in [0.15, 0.2) is 42.5 Å². The minimum absolute atomic E-state index is 0.539. The predicted molar refractivity (Wildman–Crippen MR) is 127 cm³/mol. The number of benzene rings is 2. The molecule has 0 unspecified atom stereocenters. The highest BCUT2D eigenvalue weighted by Gasteiger charge is 2.25. The third-order valence-corrected chi connectivity index (χ3v) is 7.55. The van der Waals surface area contributed by atoms with Gasteiger partial charge in [-0.1, -0.05) is 63.1 Å². The summed E-state index contributed by atoms with van der Waals surface area (Å²) in [7, 11) is 0. The molecule has 0 spiro atoms. The van der Waals surface area contributed by atoms with Crippen molar-refractivity contribution in [2.24, 2.45) is 0 Å². The van der Waals surface area contributed by atoms with Crippen molar-refractivity contribution in [1.82, 2.24) is 19.5 Å². The van der Waals surface area contributed by atoms with E-state index in [2.05, 4.69) is 52.0 Å². The average molecular weight is 413 g/mol. The van der Waals surface area contributed by atoms with Crippen molar-refractivity contribution in [3.8, 4) is 5.69 Å². The number of hydrogen-bond donors (Lipinski definition) is 1. The highest BCUT2D eigenvalue weighted by molar-refractivity contribution is 5.88. The van der Waals surface area contributed by atoms with E-state index >= 15 is 0 Å². The van der Waals surface area contributed by atoms with Gasteiger partial charge in [0.2, 0.25) is 0 Å². The Morgan fingerprint density at radius 3 is 2.23 bits per heavy atom. The Morgan fingerprint density at radius 1 is 0.710 bits per heavy atom. The van der Waals surface area contributed by atoms with E-state index in [4.69, 9.17) is 9.97 Å². The predicted octanol–water partition coefficient (Wildman–Crippen LogP) is 7.39. The summed E-state index contributed by atoms with van der Waals surface area (Å²) in [6.07, 6.45) is 14.4. The molecule has 2 fully saturated rings. The molecule has 0 amide bonds. The second-order valence-electron chi connectivity index (χ2n) is 9.61. The Hall–Kier alpha value is -2.62. The van der Waals surface area contributed by atoms with Crippen LogP contribution in [-0.2, 0) is 0 Å². The summed E-state index contributed by atoms with van der Waals surface area (Å²) in [6.45, 7) is 0. The van der Waals surface area contributed by atoms with E-state index in [1.54, 1.807) is 0 Å². The molecule has 2 heterocycles. The monoisotopic (exact) mass is 412 g/mol. The molecule has 6 rings (SSSR count). The van der Waals surface area contributed by atoms with Gasteiger partial charge in [0.15, 0.2) is 0 Å². The molecule has 31 heavy (non-hydrogen) atoms. The van der Waals surface area contributed by atoms with E-state index in [9.17, 15) is 0 Å². The first-order valence-corrected chi connectivity index (χ1v) is 12.3. The van der Waals surface area contributed by atoms with Crippen molar-refractivity contribution in [1.29, 1.82) is 0 Å². The molecule has 0 saturated heterocycles. The number of para-hydroxylation sites is 3. The molecule has 160 valence electrons. The molecule has 0 atom stereocenters. The van der Waals surface area contributed by atoms with Crippen LogP contribution in [0.25, 0.3) is 27.8 Å². The zero-order chi connectivity index (χ0) is 20.6. The Bertz CT molecular complexity index is 1190. The fourth-order valence-corrected chi connectivity index (χ4v) is 5.90. The van der Waals surface area contributed by atoms with Gasteiger partial charge in [0.05, 0.1) is 22.2 Å². The van der Waals surface area contributed by atoms with E-state index in [0.717, 1.165) is 16.6 Å². The van der Waals surface area contributed by atoms with Gasteiger partial charge in [0.1, 0.15) is 17.2 Å². The molecule has 2 saturated carbocycles. The number of imidazole rings is 2. The van der Waals surface area contributed by atoms with Crippen LogP contribution in [-0.4, -0.2) is 19.5 Å². The van der Waals surface area contributed by atoms with Crippen molar-refractivity contribution in [2.75, 3.05) is 0 Å². The molecule has 2 aliphatic rings. The summed E-state index contributed by atoms with van der Waals surface area (Å²) in [5.74, 6) is 3.53. The highest BCUT2D eigenvalue weighted by atomic mass is 15.1. The molecule has 4 heteroatoms. The fourth-order valence-electron chi connectivity index (χ4n) is 5.90. The van der Waals surface area contributed by atoms with Gasteiger partial charge in [-0.25, -0.2) is 9.97 Å². The van der Waals surface area contributed by atoms with Crippen LogP contribution in [0, 0.1) is 0 Å². The molecular formula is C27H32N4. The Kier molecular flexibility index (Phi) is 5.01. The van der Waals surface area contributed by atoms with Crippen LogP contribution in [0.1, 0.15) is 94.1 Å². The van der Waals surface area contributed by atoms with Gasteiger partial charge in [-0.05, 0) is 49.9 Å². The van der Waals surface area contributed by atoms with Gasteiger partial charge < -0.3 is 4.98 Å². The maximum atomic E-state index is 5.22. The van der Waals surface area contributed by atoms with E-state index < -0.39 is 0 Å². The third-order valence-electron chi connectivity index (χ3n) is 7.55. The van der Waals surface area contributed by atoms with E-state index in [-0.39, 0.29) is 0 Å². The lowest BCUT2D eigenvalue weighted by Crippen LogP contribution is -2.11. The Labute approximate surface area is 184 Å². The van der Waals surface area contributed by atoms with Gasteiger partial charge in [0.25, 0.3) is 0 Å². The lowest BCUT2D eigenvalue weighted by Gasteiger charge is -2.22. The summed E-state index contributed by atoms with van der Waals surface area (Å²) < 4.78 is 2.42. The minimum Gasteiger partial charge on any atom is -0.342 e. The number of hydrogen-bond acceptors (Lipinski definition) is 2. The van der Waals surface area contributed by atoms with Crippen LogP contribution in [0.3, 0.4) is 0 Å². The van der Waals surface area contributed by atoms with Gasteiger partial charge in [0, 0.05) is 11.8 Å². The van der Waals surface area contributed by atoms with Gasteiger partial charge in [-0.3, -0.25) is 4.57 Å². The van der Waals surface area contributed by atoms with Gasteiger partial charge in [-0.2, -0.15) is 0 Å². The zero-order valence-corrected chi connectivity index (χ0v) is 18.3.